The molecule has 0 saturated heterocycles. The summed E-state index contributed by atoms with van der Waals surface area (Å²) < 4.78 is 1.30. The number of hydrogen-bond acceptors (Lipinski definition) is 4. The molecule has 0 aromatic carbocycles. The third-order valence-electron chi connectivity index (χ3n) is 4.90. The van der Waals surface area contributed by atoms with Crippen molar-refractivity contribution in [1.29, 1.82) is 0 Å². The second kappa shape index (κ2) is 11.8. The Kier molecular flexibility index (Phi) is 10.1. The SMILES string of the molecule is CN1C=CN(C(I)CCCCCCCCCC(I)N2C=CN(C)C2)C1. The van der Waals surface area contributed by atoms with Crippen LogP contribution in [0.2, 0.25) is 0 Å². The number of rotatable bonds is 12. The maximum absolute atomic E-state index is 2.59. The van der Waals surface area contributed by atoms with Gasteiger partial charge in [0.05, 0.1) is 21.4 Å². The fraction of sp³-hybridized carbons (Fsp3) is 0.789. The predicted octanol–water partition coefficient (Wildman–Crippen LogP) is 5.37. The maximum Gasteiger partial charge on any atom is 0.0900 e. The van der Waals surface area contributed by atoms with Crippen molar-refractivity contribution in [1.82, 2.24) is 19.6 Å². The van der Waals surface area contributed by atoms with Crippen LogP contribution in [0.15, 0.2) is 24.8 Å². The molecule has 0 bridgehead atoms. The first-order valence-corrected chi connectivity index (χ1v) is 12.1. The predicted molar refractivity (Wildman–Crippen MR) is 124 cm³/mol. The fourth-order valence-corrected chi connectivity index (χ4v) is 4.91. The van der Waals surface area contributed by atoms with Gasteiger partial charge in [-0.2, -0.15) is 0 Å². The Morgan fingerprint density at radius 3 is 1.32 bits per heavy atom. The molecule has 2 rings (SSSR count). The molecule has 0 fully saturated rings. The average molecular weight is 572 g/mol. The summed E-state index contributed by atoms with van der Waals surface area (Å²) in [5.74, 6) is 0. The molecule has 0 aliphatic carbocycles. The van der Waals surface area contributed by atoms with Gasteiger partial charge in [-0.1, -0.05) is 90.1 Å². The Morgan fingerprint density at radius 2 is 1.00 bits per heavy atom. The van der Waals surface area contributed by atoms with E-state index in [1.165, 1.54) is 57.8 Å². The van der Waals surface area contributed by atoms with Gasteiger partial charge in [-0.15, -0.1) is 0 Å². The normalized spacial score (nSPS) is 19.4. The highest BCUT2D eigenvalue weighted by Crippen LogP contribution is 2.22. The van der Waals surface area contributed by atoms with E-state index in [-0.39, 0.29) is 0 Å². The van der Waals surface area contributed by atoms with Gasteiger partial charge in [0.25, 0.3) is 0 Å². The summed E-state index contributed by atoms with van der Waals surface area (Å²) in [6.07, 6.45) is 21.2. The second-order valence-electron chi connectivity index (χ2n) is 7.34. The lowest BCUT2D eigenvalue weighted by Gasteiger charge is -2.24. The number of alkyl halides is 2. The fourth-order valence-electron chi connectivity index (χ4n) is 3.31. The Hall–Kier alpha value is 0.140. The minimum absolute atomic E-state index is 0.651. The molecule has 2 atom stereocenters. The topological polar surface area (TPSA) is 13.0 Å². The molecule has 0 aromatic rings. The van der Waals surface area contributed by atoms with Crippen molar-refractivity contribution in [3.63, 3.8) is 0 Å². The van der Waals surface area contributed by atoms with Gasteiger partial charge in [-0.05, 0) is 12.8 Å². The van der Waals surface area contributed by atoms with Crippen LogP contribution in [0.3, 0.4) is 0 Å². The molecule has 2 aliphatic heterocycles. The molecule has 144 valence electrons. The molecule has 0 radical (unpaired) electrons. The first-order valence-electron chi connectivity index (χ1n) is 9.63. The minimum atomic E-state index is 0.651. The Bertz CT molecular complexity index is 392. The molecule has 6 heteroatoms. The molecule has 0 saturated carbocycles. The van der Waals surface area contributed by atoms with Crippen molar-refractivity contribution in [2.75, 3.05) is 27.4 Å². The summed E-state index contributed by atoms with van der Waals surface area (Å²) in [6, 6.07) is 0. The van der Waals surface area contributed by atoms with Crippen LogP contribution >= 0.6 is 45.2 Å². The number of nitrogens with zero attached hydrogens (tertiary/aromatic N) is 4. The summed E-state index contributed by atoms with van der Waals surface area (Å²) in [5.41, 5.74) is 0. The summed E-state index contributed by atoms with van der Waals surface area (Å²) >= 11 is 5.18. The smallest absolute Gasteiger partial charge is 0.0900 e. The lowest BCUT2D eigenvalue weighted by atomic mass is 10.1. The minimum Gasteiger partial charge on any atom is -0.362 e. The maximum atomic E-state index is 2.59. The van der Waals surface area contributed by atoms with Crippen LogP contribution < -0.4 is 0 Å². The van der Waals surface area contributed by atoms with E-state index in [2.05, 4.69) is 104 Å². The van der Waals surface area contributed by atoms with E-state index in [0.29, 0.717) is 8.10 Å². The van der Waals surface area contributed by atoms with Crippen LogP contribution in [-0.4, -0.2) is 55.1 Å². The van der Waals surface area contributed by atoms with E-state index >= 15 is 0 Å². The van der Waals surface area contributed by atoms with Crippen molar-refractivity contribution < 1.29 is 0 Å². The highest BCUT2D eigenvalue weighted by atomic mass is 127. The van der Waals surface area contributed by atoms with Gasteiger partial charge in [0.1, 0.15) is 0 Å². The Labute approximate surface area is 181 Å². The van der Waals surface area contributed by atoms with Crippen molar-refractivity contribution >= 4 is 45.2 Å². The van der Waals surface area contributed by atoms with Crippen LogP contribution in [0.1, 0.15) is 57.8 Å². The van der Waals surface area contributed by atoms with Crippen LogP contribution in [0, 0.1) is 0 Å². The van der Waals surface area contributed by atoms with Crippen molar-refractivity contribution in [3.05, 3.63) is 24.8 Å². The summed E-state index contributed by atoms with van der Waals surface area (Å²) in [6.45, 7) is 2.10. The Morgan fingerprint density at radius 1 is 0.640 bits per heavy atom. The monoisotopic (exact) mass is 572 g/mol. The van der Waals surface area contributed by atoms with E-state index in [4.69, 9.17) is 0 Å². The zero-order valence-electron chi connectivity index (χ0n) is 15.8. The Balaban J connectivity index is 1.37. The third kappa shape index (κ3) is 8.13. The van der Waals surface area contributed by atoms with E-state index in [0.717, 1.165) is 13.3 Å². The van der Waals surface area contributed by atoms with Crippen LogP contribution in [0.5, 0.6) is 0 Å². The lowest BCUT2D eigenvalue weighted by molar-refractivity contribution is 0.279. The van der Waals surface area contributed by atoms with Crippen molar-refractivity contribution in [2.24, 2.45) is 0 Å². The van der Waals surface area contributed by atoms with Gasteiger partial charge in [-0.25, -0.2) is 0 Å². The van der Waals surface area contributed by atoms with E-state index in [1.807, 2.05) is 0 Å². The quantitative estimate of drug-likeness (QED) is 0.135. The molecule has 0 amide bonds. The first-order chi connectivity index (χ1) is 12.1. The third-order valence-corrected chi connectivity index (χ3v) is 7.58. The molecule has 2 unspecified atom stereocenters. The van der Waals surface area contributed by atoms with Crippen molar-refractivity contribution in [2.45, 2.75) is 65.9 Å². The molecule has 4 nitrogen and oxygen atoms in total. The van der Waals surface area contributed by atoms with Crippen LogP contribution in [0.25, 0.3) is 0 Å². The average Bonchev–Trinajstić information content (AvgIpc) is 3.21. The summed E-state index contributed by atoms with van der Waals surface area (Å²) in [7, 11) is 4.28. The van der Waals surface area contributed by atoms with Gasteiger partial charge in [0.2, 0.25) is 0 Å². The number of hydrogen-bond donors (Lipinski definition) is 0. The molecular formula is C19H34I2N4. The highest BCUT2D eigenvalue weighted by molar-refractivity contribution is 14.1. The standard InChI is InChI=1S/C19H34I2N4/c1-22-12-14-24(16-22)18(20)10-8-6-4-3-5-7-9-11-19(21)25-15-13-23(2)17-25/h12-15,18-19H,3-11,16-17H2,1-2H3. The molecule has 0 spiro atoms. The highest BCUT2D eigenvalue weighted by Gasteiger charge is 2.17. The number of halogens is 2. The van der Waals surface area contributed by atoms with Gasteiger partial charge in [0.15, 0.2) is 0 Å². The first kappa shape index (κ1) is 21.4. The number of unbranched alkanes of at least 4 members (excludes halogenated alkanes) is 6. The zero-order chi connectivity index (χ0) is 18.1. The molecule has 0 N–H and O–H groups in total. The van der Waals surface area contributed by atoms with Gasteiger partial charge in [0, 0.05) is 38.9 Å². The lowest BCUT2D eigenvalue weighted by Crippen LogP contribution is -2.28. The molecule has 2 heterocycles. The van der Waals surface area contributed by atoms with Gasteiger partial charge < -0.3 is 19.6 Å². The molecule has 25 heavy (non-hydrogen) atoms. The molecule has 2 aliphatic rings. The van der Waals surface area contributed by atoms with Gasteiger partial charge >= 0.3 is 0 Å². The summed E-state index contributed by atoms with van der Waals surface area (Å²) in [4.78, 5) is 9.36. The summed E-state index contributed by atoms with van der Waals surface area (Å²) in [5, 5.41) is 0. The van der Waals surface area contributed by atoms with Crippen LogP contribution in [0.4, 0.5) is 0 Å². The van der Waals surface area contributed by atoms with E-state index < -0.39 is 0 Å². The largest absolute Gasteiger partial charge is 0.362 e. The molecular weight excluding hydrogens is 538 g/mol. The van der Waals surface area contributed by atoms with Crippen molar-refractivity contribution in [3.8, 4) is 0 Å². The van der Waals surface area contributed by atoms with Crippen LogP contribution in [-0.2, 0) is 0 Å². The van der Waals surface area contributed by atoms with E-state index in [9.17, 15) is 0 Å². The molecule has 0 aromatic heterocycles. The second-order valence-corrected chi connectivity index (χ2v) is 10.2. The van der Waals surface area contributed by atoms with E-state index in [1.54, 1.807) is 0 Å². The zero-order valence-corrected chi connectivity index (χ0v) is 20.1. The van der Waals surface area contributed by atoms with Gasteiger partial charge in [-0.3, -0.25) is 0 Å².